The van der Waals surface area contributed by atoms with Crippen LogP contribution < -0.4 is 10.6 Å². The zero-order valence-corrected chi connectivity index (χ0v) is 9.84. The van der Waals surface area contributed by atoms with Crippen molar-refractivity contribution in [1.29, 1.82) is 0 Å². The lowest BCUT2D eigenvalue weighted by molar-refractivity contribution is 0.289. The van der Waals surface area contributed by atoms with Crippen molar-refractivity contribution in [3.8, 4) is 0 Å². The fraction of sp³-hybridized carbons (Fsp3) is 1.00. The summed E-state index contributed by atoms with van der Waals surface area (Å²) in [6.45, 7) is 5.75. The minimum absolute atomic E-state index is 0.631. The fourth-order valence-corrected chi connectivity index (χ4v) is 1.74. The SMILES string of the molecule is CC(CNC1CCCNCC1)N(C)C. The fourth-order valence-electron chi connectivity index (χ4n) is 1.74. The summed E-state index contributed by atoms with van der Waals surface area (Å²) in [6, 6.07) is 1.36. The average molecular weight is 199 g/mol. The van der Waals surface area contributed by atoms with Gasteiger partial charge in [0, 0.05) is 18.6 Å². The van der Waals surface area contributed by atoms with Gasteiger partial charge in [0.25, 0.3) is 0 Å². The van der Waals surface area contributed by atoms with Gasteiger partial charge < -0.3 is 15.5 Å². The maximum Gasteiger partial charge on any atom is 0.0186 e. The van der Waals surface area contributed by atoms with Crippen molar-refractivity contribution in [3.05, 3.63) is 0 Å². The van der Waals surface area contributed by atoms with Crippen LogP contribution in [0.2, 0.25) is 0 Å². The van der Waals surface area contributed by atoms with Crippen LogP contribution in [0, 0.1) is 0 Å². The lowest BCUT2D eigenvalue weighted by Crippen LogP contribution is -2.40. The van der Waals surface area contributed by atoms with Gasteiger partial charge in [0.1, 0.15) is 0 Å². The molecular weight excluding hydrogens is 174 g/mol. The predicted octanol–water partition coefficient (Wildman–Crippen LogP) is 0.668. The molecule has 0 radical (unpaired) electrons. The topological polar surface area (TPSA) is 27.3 Å². The van der Waals surface area contributed by atoms with Gasteiger partial charge >= 0.3 is 0 Å². The summed E-state index contributed by atoms with van der Waals surface area (Å²) in [5.74, 6) is 0. The Balaban J connectivity index is 2.15. The van der Waals surface area contributed by atoms with Crippen molar-refractivity contribution in [1.82, 2.24) is 15.5 Å². The summed E-state index contributed by atoms with van der Waals surface area (Å²) in [5.41, 5.74) is 0. The van der Waals surface area contributed by atoms with E-state index in [1.165, 1.54) is 32.4 Å². The van der Waals surface area contributed by atoms with E-state index >= 15 is 0 Å². The number of rotatable bonds is 4. The number of hydrogen-bond donors (Lipinski definition) is 2. The zero-order valence-electron chi connectivity index (χ0n) is 9.84. The summed E-state index contributed by atoms with van der Waals surface area (Å²) in [4.78, 5) is 2.27. The second-order valence-corrected chi connectivity index (χ2v) is 4.60. The summed E-state index contributed by atoms with van der Waals surface area (Å²) in [6.07, 6.45) is 3.92. The van der Waals surface area contributed by atoms with Crippen LogP contribution in [0.5, 0.6) is 0 Å². The molecule has 0 amide bonds. The molecule has 0 aromatic carbocycles. The molecule has 1 aliphatic heterocycles. The van der Waals surface area contributed by atoms with Gasteiger partial charge in [-0.05, 0) is 53.4 Å². The Kier molecular flexibility index (Phi) is 5.45. The number of hydrogen-bond acceptors (Lipinski definition) is 3. The molecule has 0 aromatic heterocycles. The van der Waals surface area contributed by atoms with Crippen molar-refractivity contribution in [2.24, 2.45) is 0 Å². The smallest absolute Gasteiger partial charge is 0.0186 e. The van der Waals surface area contributed by atoms with E-state index in [1.807, 2.05) is 0 Å². The zero-order chi connectivity index (χ0) is 10.4. The molecule has 0 aromatic rings. The first-order valence-corrected chi connectivity index (χ1v) is 5.80. The Hall–Kier alpha value is -0.120. The Bertz CT molecular complexity index is 139. The van der Waals surface area contributed by atoms with Gasteiger partial charge in [-0.1, -0.05) is 0 Å². The van der Waals surface area contributed by atoms with Crippen LogP contribution in [-0.2, 0) is 0 Å². The van der Waals surface area contributed by atoms with Gasteiger partial charge in [-0.3, -0.25) is 0 Å². The van der Waals surface area contributed by atoms with Crippen molar-refractivity contribution >= 4 is 0 Å². The monoisotopic (exact) mass is 199 g/mol. The van der Waals surface area contributed by atoms with Gasteiger partial charge in [-0.2, -0.15) is 0 Å². The second-order valence-electron chi connectivity index (χ2n) is 4.60. The summed E-state index contributed by atoms with van der Waals surface area (Å²) in [5, 5.41) is 7.10. The minimum atomic E-state index is 0.631. The van der Waals surface area contributed by atoms with E-state index in [4.69, 9.17) is 0 Å². The van der Waals surface area contributed by atoms with E-state index in [1.54, 1.807) is 0 Å². The summed E-state index contributed by atoms with van der Waals surface area (Å²) in [7, 11) is 4.28. The van der Waals surface area contributed by atoms with Crippen LogP contribution in [0.4, 0.5) is 0 Å². The third-order valence-electron chi connectivity index (χ3n) is 3.16. The largest absolute Gasteiger partial charge is 0.317 e. The first-order valence-electron chi connectivity index (χ1n) is 5.80. The van der Waals surface area contributed by atoms with Crippen LogP contribution in [0.1, 0.15) is 26.2 Å². The van der Waals surface area contributed by atoms with Gasteiger partial charge in [-0.15, -0.1) is 0 Å². The molecular formula is C11H25N3. The predicted molar refractivity (Wildman–Crippen MR) is 61.7 cm³/mol. The highest BCUT2D eigenvalue weighted by atomic mass is 15.1. The molecule has 1 saturated heterocycles. The Morgan fingerprint density at radius 3 is 2.86 bits per heavy atom. The summed E-state index contributed by atoms with van der Waals surface area (Å²) >= 11 is 0. The molecule has 1 rings (SSSR count). The maximum atomic E-state index is 3.66. The van der Waals surface area contributed by atoms with Crippen LogP contribution in [0.15, 0.2) is 0 Å². The van der Waals surface area contributed by atoms with Gasteiger partial charge in [-0.25, -0.2) is 0 Å². The highest BCUT2D eigenvalue weighted by molar-refractivity contribution is 4.74. The molecule has 0 saturated carbocycles. The molecule has 84 valence electrons. The molecule has 0 aliphatic carbocycles. The van der Waals surface area contributed by atoms with E-state index < -0.39 is 0 Å². The van der Waals surface area contributed by atoms with Crippen LogP contribution in [0.25, 0.3) is 0 Å². The lowest BCUT2D eigenvalue weighted by Gasteiger charge is -2.23. The number of likely N-dealkylation sites (N-methyl/N-ethyl adjacent to an activating group) is 1. The van der Waals surface area contributed by atoms with Crippen molar-refractivity contribution < 1.29 is 0 Å². The molecule has 2 N–H and O–H groups in total. The Morgan fingerprint density at radius 2 is 2.14 bits per heavy atom. The molecule has 3 heteroatoms. The maximum absolute atomic E-state index is 3.66. The first kappa shape index (κ1) is 12.0. The normalized spacial score (nSPS) is 26.1. The highest BCUT2D eigenvalue weighted by Crippen LogP contribution is 2.05. The molecule has 1 aliphatic rings. The van der Waals surface area contributed by atoms with Crippen molar-refractivity contribution in [2.75, 3.05) is 33.7 Å². The van der Waals surface area contributed by atoms with E-state index in [9.17, 15) is 0 Å². The minimum Gasteiger partial charge on any atom is -0.317 e. The first-order chi connectivity index (χ1) is 6.70. The molecule has 1 fully saturated rings. The highest BCUT2D eigenvalue weighted by Gasteiger charge is 2.12. The van der Waals surface area contributed by atoms with Crippen LogP contribution in [-0.4, -0.2) is 50.7 Å². The molecule has 14 heavy (non-hydrogen) atoms. The van der Waals surface area contributed by atoms with Crippen LogP contribution in [0.3, 0.4) is 0 Å². The van der Waals surface area contributed by atoms with E-state index in [-0.39, 0.29) is 0 Å². The van der Waals surface area contributed by atoms with Crippen molar-refractivity contribution in [3.63, 3.8) is 0 Å². The van der Waals surface area contributed by atoms with E-state index in [0.29, 0.717) is 6.04 Å². The second kappa shape index (κ2) is 6.38. The Morgan fingerprint density at radius 1 is 1.36 bits per heavy atom. The summed E-state index contributed by atoms with van der Waals surface area (Å²) < 4.78 is 0. The van der Waals surface area contributed by atoms with Gasteiger partial charge in [0.2, 0.25) is 0 Å². The van der Waals surface area contributed by atoms with Gasteiger partial charge in [0.05, 0.1) is 0 Å². The standard InChI is InChI=1S/C11H25N3/c1-10(14(2)3)9-13-11-5-4-7-12-8-6-11/h10-13H,4-9H2,1-3H3. The number of nitrogens with zero attached hydrogens (tertiary/aromatic N) is 1. The number of nitrogens with one attached hydrogen (secondary N) is 2. The van der Waals surface area contributed by atoms with Crippen molar-refractivity contribution in [2.45, 2.75) is 38.3 Å². The third-order valence-corrected chi connectivity index (χ3v) is 3.16. The Labute approximate surface area is 88.2 Å². The average Bonchev–Trinajstić information content (AvgIpc) is 2.42. The van der Waals surface area contributed by atoms with E-state index in [0.717, 1.165) is 12.6 Å². The molecule has 2 unspecified atom stereocenters. The van der Waals surface area contributed by atoms with E-state index in [2.05, 4.69) is 36.6 Å². The third kappa shape index (κ3) is 4.40. The molecule has 3 nitrogen and oxygen atoms in total. The van der Waals surface area contributed by atoms with Crippen LogP contribution >= 0.6 is 0 Å². The molecule has 1 heterocycles. The quantitative estimate of drug-likeness (QED) is 0.697. The molecule has 0 bridgehead atoms. The molecule has 2 atom stereocenters. The lowest BCUT2D eigenvalue weighted by atomic mass is 10.1. The van der Waals surface area contributed by atoms with Gasteiger partial charge in [0.15, 0.2) is 0 Å². The molecule has 0 spiro atoms.